The van der Waals surface area contributed by atoms with Crippen molar-refractivity contribution >= 4 is 48.9 Å². The summed E-state index contributed by atoms with van der Waals surface area (Å²) in [7, 11) is -2.05. The molecule has 0 aliphatic heterocycles. The zero-order valence-corrected chi connectivity index (χ0v) is 15.5. The Hall–Kier alpha value is -0.340. The molecule has 21 heavy (non-hydrogen) atoms. The Morgan fingerprint density at radius 1 is 1.52 bits per heavy atom. The van der Waals surface area contributed by atoms with E-state index in [9.17, 15) is 8.42 Å². The predicted octanol–water partition coefficient (Wildman–Crippen LogP) is 4.09. The van der Waals surface area contributed by atoms with Crippen LogP contribution in [0.4, 0.5) is 0 Å². The Morgan fingerprint density at radius 3 is 2.76 bits per heavy atom. The van der Waals surface area contributed by atoms with E-state index in [4.69, 9.17) is 16.0 Å². The van der Waals surface area contributed by atoms with Crippen molar-refractivity contribution in [3.05, 3.63) is 38.9 Å². The van der Waals surface area contributed by atoms with Crippen LogP contribution in [0.25, 0.3) is 0 Å². The maximum absolute atomic E-state index is 12.6. The van der Waals surface area contributed by atoms with E-state index < -0.39 is 10.0 Å². The molecule has 4 nitrogen and oxygen atoms in total. The van der Waals surface area contributed by atoms with E-state index in [1.54, 1.807) is 18.4 Å². The number of rotatable bonds is 6. The number of alkyl halides is 1. The molecule has 0 fully saturated rings. The van der Waals surface area contributed by atoms with Crippen LogP contribution >= 0.6 is 38.9 Å². The molecule has 0 N–H and O–H groups in total. The molecule has 0 spiro atoms. The number of thiophene rings is 1. The minimum absolute atomic E-state index is 0.110. The summed E-state index contributed by atoms with van der Waals surface area (Å²) >= 11 is 10.4. The molecule has 0 saturated heterocycles. The van der Waals surface area contributed by atoms with E-state index in [1.165, 1.54) is 10.4 Å². The van der Waals surface area contributed by atoms with Crippen molar-refractivity contribution in [1.29, 1.82) is 0 Å². The van der Waals surface area contributed by atoms with Crippen LogP contribution in [0.3, 0.4) is 0 Å². The Balaban J connectivity index is 2.23. The van der Waals surface area contributed by atoms with E-state index in [1.807, 2.05) is 24.4 Å². The van der Waals surface area contributed by atoms with Crippen LogP contribution < -0.4 is 0 Å². The highest BCUT2D eigenvalue weighted by atomic mass is 79.9. The molecular formula is C13H15BrClNO3S2. The minimum atomic E-state index is -3.62. The first-order chi connectivity index (χ1) is 9.86. The number of hydrogen-bond donors (Lipinski definition) is 0. The Labute approximate surface area is 141 Å². The second-order valence-electron chi connectivity index (χ2n) is 4.64. The maximum atomic E-state index is 12.6. The summed E-state index contributed by atoms with van der Waals surface area (Å²) in [6.07, 6.45) is 0.672. The van der Waals surface area contributed by atoms with Crippen LogP contribution in [0, 0.1) is 0 Å². The Kier molecular flexibility index (Phi) is 5.54. The van der Waals surface area contributed by atoms with Gasteiger partial charge in [-0.1, -0.05) is 6.07 Å². The van der Waals surface area contributed by atoms with Gasteiger partial charge in [0.25, 0.3) is 0 Å². The van der Waals surface area contributed by atoms with E-state index in [-0.39, 0.29) is 21.5 Å². The first kappa shape index (κ1) is 17.0. The van der Waals surface area contributed by atoms with Gasteiger partial charge in [0, 0.05) is 24.0 Å². The van der Waals surface area contributed by atoms with Crippen LogP contribution in [-0.2, 0) is 22.3 Å². The van der Waals surface area contributed by atoms with E-state index in [0.29, 0.717) is 12.2 Å². The first-order valence-corrected chi connectivity index (χ1v) is 9.85. The lowest BCUT2D eigenvalue weighted by Gasteiger charge is -2.23. The number of likely N-dealkylation sites (N-methyl/N-ethyl adjacent to an activating group) is 1. The summed E-state index contributed by atoms with van der Waals surface area (Å²) in [6, 6.07) is 5.26. The predicted molar refractivity (Wildman–Crippen MR) is 88.4 cm³/mol. The Bertz CT molecular complexity index is 697. The summed E-state index contributed by atoms with van der Waals surface area (Å²) in [4.78, 5) is 1.26. The highest BCUT2D eigenvalue weighted by Gasteiger charge is 2.30. The van der Waals surface area contributed by atoms with Crippen molar-refractivity contribution in [3.63, 3.8) is 0 Å². The number of hydrogen-bond acceptors (Lipinski definition) is 4. The second kappa shape index (κ2) is 6.83. The van der Waals surface area contributed by atoms with Gasteiger partial charge in [0.2, 0.25) is 10.0 Å². The highest BCUT2D eigenvalue weighted by molar-refractivity contribution is 9.10. The van der Waals surface area contributed by atoms with Crippen molar-refractivity contribution in [2.24, 2.45) is 0 Å². The van der Waals surface area contributed by atoms with Crippen molar-refractivity contribution in [3.8, 4) is 0 Å². The van der Waals surface area contributed by atoms with Gasteiger partial charge in [-0.05, 0) is 40.7 Å². The molecule has 8 heteroatoms. The second-order valence-corrected chi connectivity index (χ2v) is 8.62. The number of sulfonamides is 1. The van der Waals surface area contributed by atoms with Gasteiger partial charge in [0.1, 0.15) is 10.7 Å². The fourth-order valence-corrected chi connectivity index (χ4v) is 5.16. The largest absolute Gasteiger partial charge is 0.452 e. The summed E-state index contributed by atoms with van der Waals surface area (Å²) in [5.41, 5.74) is 0. The van der Waals surface area contributed by atoms with E-state index in [0.717, 1.165) is 4.88 Å². The lowest BCUT2D eigenvalue weighted by atomic mass is 10.2. The SMILES string of the molecule is CC(Cc1cccs1)N(C)S(=O)(=O)c1cc(CCl)oc1Br. The maximum Gasteiger partial charge on any atom is 0.247 e. The monoisotopic (exact) mass is 411 g/mol. The molecule has 1 atom stereocenters. The summed E-state index contributed by atoms with van der Waals surface area (Å²) in [6.45, 7) is 1.88. The fourth-order valence-electron chi connectivity index (χ4n) is 1.88. The van der Waals surface area contributed by atoms with Gasteiger partial charge in [0.15, 0.2) is 4.67 Å². The number of furan rings is 1. The average molecular weight is 413 g/mol. The van der Waals surface area contributed by atoms with Gasteiger partial charge in [-0.15, -0.1) is 22.9 Å². The normalized spacial score (nSPS) is 13.8. The third kappa shape index (κ3) is 3.71. The molecule has 2 rings (SSSR count). The van der Waals surface area contributed by atoms with Gasteiger partial charge < -0.3 is 4.42 Å². The highest BCUT2D eigenvalue weighted by Crippen LogP contribution is 2.30. The van der Waals surface area contributed by atoms with Gasteiger partial charge in [-0.25, -0.2) is 8.42 Å². The Morgan fingerprint density at radius 2 is 2.24 bits per heavy atom. The molecule has 0 saturated carbocycles. The van der Waals surface area contributed by atoms with Crippen LogP contribution in [-0.4, -0.2) is 25.8 Å². The number of halogens is 2. The fraction of sp³-hybridized carbons (Fsp3) is 0.385. The average Bonchev–Trinajstić information content (AvgIpc) is 3.07. The van der Waals surface area contributed by atoms with Crippen LogP contribution in [0.1, 0.15) is 17.6 Å². The summed E-state index contributed by atoms with van der Waals surface area (Å²) in [5.74, 6) is 0.546. The molecule has 116 valence electrons. The van der Waals surface area contributed by atoms with Crippen LogP contribution in [0.5, 0.6) is 0 Å². The third-order valence-corrected chi connectivity index (χ3v) is 7.18. The topological polar surface area (TPSA) is 50.5 Å². The van der Waals surface area contributed by atoms with Crippen molar-refractivity contribution in [2.45, 2.75) is 30.2 Å². The summed E-state index contributed by atoms with van der Waals surface area (Å²) < 4.78 is 32.1. The lowest BCUT2D eigenvalue weighted by Crippen LogP contribution is -2.36. The van der Waals surface area contributed by atoms with Crippen LogP contribution in [0.2, 0.25) is 0 Å². The molecule has 2 aromatic rings. The molecule has 2 heterocycles. The molecule has 2 aromatic heterocycles. The minimum Gasteiger partial charge on any atom is -0.452 e. The number of nitrogens with zero attached hydrogens (tertiary/aromatic N) is 1. The zero-order valence-electron chi connectivity index (χ0n) is 11.5. The summed E-state index contributed by atoms with van der Waals surface area (Å²) in [5, 5.41) is 1.98. The molecule has 0 radical (unpaired) electrons. The molecule has 1 unspecified atom stereocenters. The third-order valence-electron chi connectivity index (χ3n) is 3.19. The smallest absolute Gasteiger partial charge is 0.247 e. The van der Waals surface area contributed by atoms with Gasteiger partial charge in [-0.3, -0.25) is 0 Å². The molecule has 0 amide bonds. The van der Waals surface area contributed by atoms with E-state index in [2.05, 4.69) is 15.9 Å². The van der Waals surface area contributed by atoms with Crippen molar-refractivity contribution in [1.82, 2.24) is 4.31 Å². The zero-order chi connectivity index (χ0) is 15.6. The molecule has 0 aromatic carbocycles. The van der Waals surface area contributed by atoms with Crippen molar-refractivity contribution < 1.29 is 12.8 Å². The molecule has 0 bridgehead atoms. The standard InChI is InChI=1S/C13H15BrClNO3S2/c1-9(6-11-4-3-5-20-11)16(2)21(17,18)12-7-10(8-15)19-13(12)14/h3-5,7,9H,6,8H2,1-2H3. The van der Waals surface area contributed by atoms with E-state index >= 15 is 0 Å². The lowest BCUT2D eigenvalue weighted by molar-refractivity contribution is 0.387. The van der Waals surface area contributed by atoms with Crippen molar-refractivity contribution in [2.75, 3.05) is 7.05 Å². The molecular weight excluding hydrogens is 398 g/mol. The molecule has 0 aliphatic carbocycles. The first-order valence-electron chi connectivity index (χ1n) is 6.21. The quantitative estimate of drug-likeness (QED) is 0.671. The molecule has 0 aliphatic rings. The van der Waals surface area contributed by atoms with Crippen LogP contribution in [0.15, 0.2) is 37.6 Å². The van der Waals surface area contributed by atoms with Gasteiger partial charge in [0.05, 0.1) is 5.88 Å². The van der Waals surface area contributed by atoms with Gasteiger partial charge in [-0.2, -0.15) is 4.31 Å². The van der Waals surface area contributed by atoms with Gasteiger partial charge >= 0.3 is 0 Å².